The summed E-state index contributed by atoms with van der Waals surface area (Å²) in [5, 5.41) is 2.49. The Morgan fingerprint density at radius 3 is 1.95 bits per heavy atom. The topological polar surface area (TPSA) is 83.6 Å². The van der Waals surface area contributed by atoms with Crippen LogP contribution < -0.4 is 5.32 Å². The molecule has 0 spiro atoms. The Labute approximate surface area is 122 Å². The summed E-state index contributed by atoms with van der Waals surface area (Å²) in [6.45, 7) is 4.37. The minimum Gasteiger partial charge on any atom is -0.345 e. The fourth-order valence-corrected chi connectivity index (χ4v) is 2.11. The molecule has 0 saturated heterocycles. The van der Waals surface area contributed by atoms with E-state index in [1.54, 1.807) is 31.2 Å². The van der Waals surface area contributed by atoms with Gasteiger partial charge in [0.1, 0.15) is 6.04 Å². The summed E-state index contributed by atoms with van der Waals surface area (Å²) in [5.41, 5.74) is 0.587. The molecule has 1 aromatic rings. The van der Waals surface area contributed by atoms with E-state index in [9.17, 15) is 19.2 Å². The van der Waals surface area contributed by atoms with E-state index in [-0.39, 0.29) is 5.78 Å². The molecule has 110 valence electrons. The van der Waals surface area contributed by atoms with E-state index in [1.807, 2.05) is 0 Å². The molecule has 2 rings (SSSR count). The molecule has 1 aliphatic rings. The van der Waals surface area contributed by atoms with Crippen molar-refractivity contribution in [2.45, 2.75) is 32.9 Å². The van der Waals surface area contributed by atoms with Crippen LogP contribution in [0, 0.1) is 0 Å². The molecule has 0 fully saturated rings. The van der Waals surface area contributed by atoms with Crippen LogP contribution in [-0.4, -0.2) is 40.5 Å². The number of carbonyl (C=O) groups excluding carboxylic acids is 4. The lowest BCUT2D eigenvalue weighted by Gasteiger charge is -2.23. The number of fused-ring (bicyclic) bond motifs is 1. The van der Waals surface area contributed by atoms with Crippen LogP contribution >= 0.6 is 0 Å². The number of benzene rings is 1. The highest BCUT2D eigenvalue weighted by Gasteiger charge is 2.40. The number of nitrogens with one attached hydrogen (secondary N) is 1. The van der Waals surface area contributed by atoms with Gasteiger partial charge >= 0.3 is 0 Å². The molecule has 0 radical (unpaired) electrons. The number of imide groups is 1. The highest BCUT2D eigenvalue weighted by molar-refractivity contribution is 6.22. The summed E-state index contributed by atoms with van der Waals surface area (Å²) in [6, 6.07) is 4.80. The van der Waals surface area contributed by atoms with Crippen molar-refractivity contribution in [3.05, 3.63) is 35.4 Å². The Morgan fingerprint density at radius 2 is 1.52 bits per heavy atom. The second kappa shape index (κ2) is 5.47. The third kappa shape index (κ3) is 2.56. The Kier molecular flexibility index (Phi) is 3.88. The minimum atomic E-state index is -0.973. The molecule has 6 nitrogen and oxygen atoms in total. The number of Topliss-reactive ketones (excluding diaryl/α,β-unsaturated/α-hetero) is 1. The maximum atomic E-state index is 12.2. The maximum Gasteiger partial charge on any atom is 0.262 e. The SMILES string of the molecule is CC(=O)[C@@H](C)NC(=O)[C@@H](C)N1C(=O)c2ccccc2C1=O. The molecule has 1 N–H and O–H groups in total. The summed E-state index contributed by atoms with van der Waals surface area (Å²) in [7, 11) is 0. The van der Waals surface area contributed by atoms with Gasteiger partial charge in [-0.2, -0.15) is 0 Å². The number of hydrogen-bond donors (Lipinski definition) is 1. The molecule has 1 aromatic carbocycles. The summed E-state index contributed by atoms with van der Waals surface area (Å²) >= 11 is 0. The molecule has 0 unspecified atom stereocenters. The van der Waals surface area contributed by atoms with Crippen molar-refractivity contribution in [2.75, 3.05) is 0 Å². The van der Waals surface area contributed by atoms with Gasteiger partial charge in [-0.15, -0.1) is 0 Å². The molecule has 2 atom stereocenters. The van der Waals surface area contributed by atoms with Gasteiger partial charge in [0, 0.05) is 0 Å². The maximum absolute atomic E-state index is 12.2. The van der Waals surface area contributed by atoms with E-state index >= 15 is 0 Å². The van der Waals surface area contributed by atoms with Gasteiger partial charge in [0.05, 0.1) is 17.2 Å². The second-order valence-electron chi connectivity index (χ2n) is 5.04. The average Bonchev–Trinajstić information content (AvgIpc) is 2.70. The molecule has 0 saturated carbocycles. The fourth-order valence-electron chi connectivity index (χ4n) is 2.11. The van der Waals surface area contributed by atoms with Crippen molar-refractivity contribution < 1.29 is 19.2 Å². The first-order chi connectivity index (χ1) is 9.84. The van der Waals surface area contributed by atoms with Crippen LogP contribution in [0.5, 0.6) is 0 Å². The van der Waals surface area contributed by atoms with Crippen LogP contribution in [0.3, 0.4) is 0 Å². The predicted molar refractivity (Wildman–Crippen MR) is 74.7 cm³/mol. The Hall–Kier alpha value is -2.50. The molecule has 0 aliphatic carbocycles. The van der Waals surface area contributed by atoms with Gasteiger partial charge in [0.2, 0.25) is 5.91 Å². The van der Waals surface area contributed by atoms with Gasteiger partial charge in [-0.25, -0.2) is 0 Å². The molecule has 6 heteroatoms. The molecular weight excluding hydrogens is 272 g/mol. The van der Waals surface area contributed by atoms with Gasteiger partial charge < -0.3 is 5.32 Å². The van der Waals surface area contributed by atoms with Crippen molar-refractivity contribution in [1.82, 2.24) is 10.2 Å². The van der Waals surface area contributed by atoms with E-state index in [2.05, 4.69) is 5.32 Å². The minimum absolute atomic E-state index is 0.196. The van der Waals surface area contributed by atoms with Gasteiger partial charge in [0.15, 0.2) is 5.78 Å². The average molecular weight is 288 g/mol. The van der Waals surface area contributed by atoms with E-state index in [4.69, 9.17) is 0 Å². The van der Waals surface area contributed by atoms with Crippen LogP contribution in [-0.2, 0) is 9.59 Å². The summed E-state index contributed by atoms with van der Waals surface area (Å²) in [5.74, 6) is -1.72. The lowest BCUT2D eigenvalue weighted by Crippen LogP contribution is -2.51. The van der Waals surface area contributed by atoms with E-state index in [0.29, 0.717) is 11.1 Å². The van der Waals surface area contributed by atoms with Crippen molar-refractivity contribution in [2.24, 2.45) is 0 Å². The van der Waals surface area contributed by atoms with Gasteiger partial charge in [0.25, 0.3) is 11.8 Å². The smallest absolute Gasteiger partial charge is 0.262 e. The van der Waals surface area contributed by atoms with Crippen LogP contribution in [0.4, 0.5) is 0 Å². The van der Waals surface area contributed by atoms with Crippen LogP contribution in [0.2, 0.25) is 0 Å². The summed E-state index contributed by atoms with van der Waals surface area (Å²) in [6.07, 6.45) is 0. The molecular formula is C15H16N2O4. The molecule has 3 amide bonds. The molecule has 0 aromatic heterocycles. The first-order valence-corrected chi connectivity index (χ1v) is 6.62. The van der Waals surface area contributed by atoms with Crippen molar-refractivity contribution in [3.63, 3.8) is 0 Å². The van der Waals surface area contributed by atoms with E-state index < -0.39 is 29.8 Å². The zero-order chi connectivity index (χ0) is 15.7. The van der Waals surface area contributed by atoms with Crippen molar-refractivity contribution in [3.8, 4) is 0 Å². The highest BCUT2D eigenvalue weighted by Crippen LogP contribution is 2.24. The number of nitrogens with zero attached hydrogens (tertiary/aromatic N) is 1. The number of amides is 3. The predicted octanol–water partition coefficient (Wildman–Crippen LogP) is 0.765. The fraction of sp³-hybridized carbons (Fsp3) is 0.333. The number of carbonyl (C=O) groups is 4. The first-order valence-electron chi connectivity index (χ1n) is 6.62. The molecule has 1 aliphatic heterocycles. The molecule has 21 heavy (non-hydrogen) atoms. The van der Waals surface area contributed by atoms with Crippen LogP contribution in [0.15, 0.2) is 24.3 Å². The lowest BCUT2D eigenvalue weighted by molar-refractivity contribution is -0.128. The van der Waals surface area contributed by atoms with Crippen molar-refractivity contribution >= 4 is 23.5 Å². The van der Waals surface area contributed by atoms with Crippen molar-refractivity contribution in [1.29, 1.82) is 0 Å². The normalized spacial score (nSPS) is 16.4. The zero-order valence-corrected chi connectivity index (χ0v) is 12.0. The zero-order valence-electron chi connectivity index (χ0n) is 12.0. The third-order valence-corrected chi connectivity index (χ3v) is 3.56. The van der Waals surface area contributed by atoms with Gasteiger partial charge in [-0.3, -0.25) is 24.1 Å². The quantitative estimate of drug-likeness (QED) is 0.829. The number of ketones is 1. The molecule has 0 bridgehead atoms. The largest absolute Gasteiger partial charge is 0.345 e. The Balaban J connectivity index is 2.20. The number of rotatable bonds is 4. The third-order valence-electron chi connectivity index (χ3n) is 3.56. The first kappa shape index (κ1) is 14.9. The van der Waals surface area contributed by atoms with Crippen LogP contribution in [0.1, 0.15) is 41.5 Å². The monoisotopic (exact) mass is 288 g/mol. The van der Waals surface area contributed by atoms with E-state index in [1.165, 1.54) is 13.8 Å². The Bertz CT molecular complexity index is 603. The second-order valence-corrected chi connectivity index (χ2v) is 5.04. The summed E-state index contributed by atoms with van der Waals surface area (Å²) < 4.78 is 0. The standard InChI is InChI=1S/C15H16N2O4/c1-8(10(3)18)16-13(19)9(2)17-14(20)11-6-4-5-7-12(11)15(17)21/h4-9H,1-3H3,(H,16,19)/t8-,9-/m1/s1. The van der Waals surface area contributed by atoms with E-state index in [0.717, 1.165) is 4.90 Å². The lowest BCUT2D eigenvalue weighted by atomic mass is 10.1. The highest BCUT2D eigenvalue weighted by atomic mass is 16.2. The van der Waals surface area contributed by atoms with Gasteiger partial charge in [-0.05, 0) is 32.9 Å². The summed E-state index contributed by atoms with van der Waals surface area (Å²) in [4.78, 5) is 48.6. The Morgan fingerprint density at radius 1 is 1.05 bits per heavy atom. The van der Waals surface area contributed by atoms with Gasteiger partial charge in [-0.1, -0.05) is 12.1 Å². The molecule has 1 heterocycles. The van der Waals surface area contributed by atoms with Crippen LogP contribution in [0.25, 0.3) is 0 Å². The number of hydrogen-bond acceptors (Lipinski definition) is 4.